The third-order valence-corrected chi connectivity index (χ3v) is 6.44. The SMILES string of the molecule is CC1CC1C(=O)NCC1CCC(c2nc(N(C)C)ncc2-c2ccncc2)CC1. The second kappa shape index (κ2) is 8.47. The number of pyridine rings is 1. The molecule has 0 saturated heterocycles. The van der Waals surface area contributed by atoms with Crippen LogP contribution < -0.4 is 10.2 Å². The number of hydrogen-bond donors (Lipinski definition) is 1. The minimum Gasteiger partial charge on any atom is -0.356 e. The van der Waals surface area contributed by atoms with Crippen LogP contribution >= 0.6 is 0 Å². The Bertz CT molecular complexity index is 846. The largest absolute Gasteiger partial charge is 0.356 e. The summed E-state index contributed by atoms with van der Waals surface area (Å²) in [6.45, 7) is 2.97. The third kappa shape index (κ3) is 4.57. The van der Waals surface area contributed by atoms with Gasteiger partial charge >= 0.3 is 0 Å². The predicted octanol–water partition coefficient (Wildman–Crippen LogP) is 3.65. The predicted molar refractivity (Wildman–Crippen MR) is 115 cm³/mol. The minimum absolute atomic E-state index is 0.256. The first-order valence-electron chi connectivity index (χ1n) is 10.7. The number of anilines is 1. The molecule has 2 atom stereocenters. The zero-order chi connectivity index (χ0) is 20.4. The molecule has 6 nitrogen and oxygen atoms in total. The molecular formula is C23H31N5O. The summed E-state index contributed by atoms with van der Waals surface area (Å²) in [5.74, 6) is 2.84. The van der Waals surface area contributed by atoms with Gasteiger partial charge in [-0.25, -0.2) is 9.97 Å². The topological polar surface area (TPSA) is 71.0 Å². The van der Waals surface area contributed by atoms with E-state index in [-0.39, 0.29) is 11.8 Å². The van der Waals surface area contributed by atoms with E-state index < -0.39 is 0 Å². The van der Waals surface area contributed by atoms with Gasteiger partial charge in [-0.3, -0.25) is 9.78 Å². The quantitative estimate of drug-likeness (QED) is 0.811. The summed E-state index contributed by atoms with van der Waals surface area (Å²) < 4.78 is 0. The molecule has 0 bridgehead atoms. The smallest absolute Gasteiger partial charge is 0.225 e. The molecular weight excluding hydrogens is 362 g/mol. The van der Waals surface area contributed by atoms with Crippen molar-refractivity contribution in [2.45, 2.75) is 44.9 Å². The fourth-order valence-electron chi connectivity index (χ4n) is 4.37. The molecule has 2 heterocycles. The highest BCUT2D eigenvalue weighted by Crippen LogP contribution is 2.40. The van der Waals surface area contributed by atoms with Crippen molar-refractivity contribution >= 4 is 11.9 Å². The first-order chi connectivity index (χ1) is 14.0. The van der Waals surface area contributed by atoms with Crippen LogP contribution in [-0.4, -0.2) is 41.5 Å². The number of amides is 1. The highest BCUT2D eigenvalue weighted by atomic mass is 16.2. The Morgan fingerprint density at radius 1 is 1.17 bits per heavy atom. The molecule has 6 heteroatoms. The Morgan fingerprint density at radius 2 is 1.86 bits per heavy atom. The van der Waals surface area contributed by atoms with Crippen LogP contribution in [0.1, 0.15) is 50.6 Å². The molecule has 29 heavy (non-hydrogen) atoms. The van der Waals surface area contributed by atoms with Gasteiger partial charge in [-0.1, -0.05) is 6.92 Å². The molecule has 2 saturated carbocycles. The van der Waals surface area contributed by atoms with Crippen LogP contribution in [0.15, 0.2) is 30.7 Å². The second-order valence-electron chi connectivity index (χ2n) is 8.88. The van der Waals surface area contributed by atoms with Crippen LogP contribution in [0.25, 0.3) is 11.1 Å². The van der Waals surface area contributed by atoms with Crippen molar-refractivity contribution in [3.05, 3.63) is 36.4 Å². The molecule has 0 radical (unpaired) electrons. The van der Waals surface area contributed by atoms with Gasteiger partial charge in [-0.2, -0.15) is 0 Å². The first kappa shape index (κ1) is 19.8. The average molecular weight is 394 g/mol. The highest BCUT2D eigenvalue weighted by molar-refractivity contribution is 5.81. The molecule has 0 aliphatic heterocycles. The number of nitrogens with zero attached hydrogens (tertiary/aromatic N) is 4. The van der Waals surface area contributed by atoms with Crippen molar-refractivity contribution in [2.75, 3.05) is 25.5 Å². The minimum atomic E-state index is 0.256. The fourth-order valence-corrected chi connectivity index (χ4v) is 4.37. The summed E-state index contributed by atoms with van der Waals surface area (Å²) in [5, 5.41) is 3.18. The lowest BCUT2D eigenvalue weighted by Crippen LogP contribution is -2.32. The van der Waals surface area contributed by atoms with Gasteiger partial charge in [0.1, 0.15) is 0 Å². The molecule has 2 fully saturated rings. The Hall–Kier alpha value is -2.50. The van der Waals surface area contributed by atoms with Gasteiger partial charge < -0.3 is 10.2 Å². The van der Waals surface area contributed by atoms with E-state index in [0.717, 1.165) is 61.4 Å². The van der Waals surface area contributed by atoms with Crippen LogP contribution in [0.2, 0.25) is 0 Å². The van der Waals surface area contributed by atoms with E-state index in [9.17, 15) is 4.79 Å². The van der Waals surface area contributed by atoms with Crippen LogP contribution in [0.4, 0.5) is 5.95 Å². The summed E-state index contributed by atoms with van der Waals surface area (Å²) >= 11 is 0. The molecule has 0 aromatic carbocycles. The lowest BCUT2D eigenvalue weighted by atomic mass is 9.79. The summed E-state index contributed by atoms with van der Waals surface area (Å²) in [5.41, 5.74) is 3.37. The van der Waals surface area contributed by atoms with Crippen LogP contribution in [-0.2, 0) is 4.79 Å². The highest BCUT2D eigenvalue weighted by Gasteiger charge is 2.39. The van der Waals surface area contributed by atoms with Gasteiger partial charge in [0.25, 0.3) is 0 Å². The number of hydrogen-bond acceptors (Lipinski definition) is 5. The molecule has 2 aromatic rings. The third-order valence-electron chi connectivity index (χ3n) is 6.44. The Kier molecular flexibility index (Phi) is 5.79. The van der Waals surface area contributed by atoms with Crippen LogP contribution in [0.3, 0.4) is 0 Å². The van der Waals surface area contributed by atoms with E-state index in [0.29, 0.717) is 17.8 Å². The van der Waals surface area contributed by atoms with E-state index >= 15 is 0 Å². The number of rotatable bonds is 6. The van der Waals surface area contributed by atoms with Gasteiger partial charge in [-0.15, -0.1) is 0 Å². The molecule has 4 rings (SSSR count). The van der Waals surface area contributed by atoms with Gasteiger partial charge in [0.15, 0.2) is 0 Å². The van der Waals surface area contributed by atoms with E-state index in [4.69, 9.17) is 4.98 Å². The summed E-state index contributed by atoms with van der Waals surface area (Å²) in [6.07, 6.45) is 11.1. The zero-order valence-electron chi connectivity index (χ0n) is 17.6. The standard InChI is InChI=1S/C23H31N5O/c1-15-12-19(15)22(29)25-13-16-4-6-18(7-5-16)21-20(17-8-10-24-11-9-17)14-26-23(27-21)28(2)3/h8-11,14-16,18-19H,4-7,12-13H2,1-3H3,(H,25,29). The van der Waals surface area contributed by atoms with Crippen molar-refractivity contribution in [2.24, 2.45) is 17.8 Å². The van der Waals surface area contributed by atoms with E-state index in [1.165, 1.54) is 0 Å². The molecule has 2 aliphatic rings. The Labute approximate surface area is 173 Å². The van der Waals surface area contributed by atoms with Gasteiger partial charge in [0, 0.05) is 56.6 Å². The van der Waals surface area contributed by atoms with Crippen molar-refractivity contribution in [3.8, 4) is 11.1 Å². The number of carbonyl (C=O) groups is 1. The summed E-state index contributed by atoms with van der Waals surface area (Å²) in [4.78, 5) is 27.7. The number of carbonyl (C=O) groups excluding carboxylic acids is 1. The monoisotopic (exact) mass is 393 g/mol. The van der Waals surface area contributed by atoms with Gasteiger partial charge in [0.05, 0.1) is 5.69 Å². The number of nitrogens with one attached hydrogen (secondary N) is 1. The van der Waals surface area contributed by atoms with Crippen molar-refractivity contribution in [1.82, 2.24) is 20.3 Å². The average Bonchev–Trinajstić information content (AvgIpc) is 3.49. The number of aromatic nitrogens is 3. The molecule has 154 valence electrons. The maximum absolute atomic E-state index is 12.1. The summed E-state index contributed by atoms with van der Waals surface area (Å²) in [6, 6.07) is 4.05. The van der Waals surface area contributed by atoms with E-state index in [1.54, 1.807) is 0 Å². The zero-order valence-corrected chi connectivity index (χ0v) is 17.6. The van der Waals surface area contributed by atoms with Crippen LogP contribution in [0.5, 0.6) is 0 Å². The first-order valence-corrected chi connectivity index (χ1v) is 10.7. The van der Waals surface area contributed by atoms with E-state index in [1.807, 2.05) is 49.7 Å². The maximum Gasteiger partial charge on any atom is 0.225 e. The molecule has 0 spiro atoms. The lowest BCUT2D eigenvalue weighted by Gasteiger charge is -2.30. The molecule has 2 unspecified atom stereocenters. The van der Waals surface area contributed by atoms with Gasteiger partial charge in [0.2, 0.25) is 11.9 Å². The van der Waals surface area contributed by atoms with Gasteiger partial charge in [-0.05, 0) is 61.6 Å². The molecule has 2 aromatic heterocycles. The lowest BCUT2D eigenvalue weighted by molar-refractivity contribution is -0.122. The Balaban J connectivity index is 1.44. The van der Waals surface area contributed by atoms with Crippen molar-refractivity contribution < 1.29 is 4.79 Å². The molecule has 1 amide bonds. The van der Waals surface area contributed by atoms with Crippen molar-refractivity contribution in [3.63, 3.8) is 0 Å². The fraction of sp³-hybridized carbons (Fsp3) is 0.565. The molecule has 1 N–H and O–H groups in total. The van der Waals surface area contributed by atoms with Crippen LogP contribution in [0, 0.1) is 17.8 Å². The Morgan fingerprint density at radius 3 is 2.48 bits per heavy atom. The normalized spacial score (nSPS) is 26.0. The summed E-state index contributed by atoms with van der Waals surface area (Å²) in [7, 11) is 3.96. The maximum atomic E-state index is 12.1. The second-order valence-corrected chi connectivity index (χ2v) is 8.88. The van der Waals surface area contributed by atoms with E-state index in [2.05, 4.69) is 22.2 Å². The van der Waals surface area contributed by atoms with Crippen molar-refractivity contribution in [1.29, 1.82) is 0 Å². The molecule has 2 aliphatic carbocycles.